The molecule has 1 saturated heterocycles. The van der Waals surface area contributed by atoms with Gasteiger partial charge in [0.25, 0.3) is 5.91 Å². The molecule has 0 N–H and O–H groups in total. The minimum Gasteiger partial charge on any atom is -0.598 e. The molecule has 1 fully saturated rings. The SMILES string of the molecule is CC[S+]([O-])N1CC(Oc2cncc(N3C(=O)c4ccc(Cl)cc4C3(C)C)c2)C1. The monoisotopic (exact) mass is 419 g/mol. The lowest BCUT2D eigenvalue weighted by Gasteiger charge is -2.37. The highest BCUT2D eigenvalue weighted by Crippen LogP contribution is 2.43. The molecule has 1 aromatic heterocycles. The molecule has 2 aliphatic rings. The van der Waals surface area contributed by atoms with E-state index in [-0.39, 0.29) is 12.0 Å². The predicted molar refractivity (Wildman–Crippen MR) is 110 cm³/mol. The van der Waals surface area contributed by atoms with E-state index in [1.54, 1.807) is 29.4 Å². The van der Waals surface area contributed by atoms with E-state index in [2.05, 4.69) is 4.98 Å². The number of anilines is 1. The topological polar surface area (TPSA) is 68.7 Å². The molecule has 0 aliphatic carbocycles. The van der Waals surface area contributed by atoms with Crippen molar-refractivity contribution >= 4 is 34.6 Å². The van der Waals surface area contributed by atoms with Gasteiger partial charge in [-0.3, -0.25) is 14.7 Å². The molecule has 0 bridgehead atoms. The summed E-state index contributed by atoms with van der Waals surface area (Å²) in [5.74, 6) is 1.13. The zero-order valence-electron chi connectivity index (χ0n) is 16.0. The largest absolute Gasteiger partial charge is 0.598 e. The summed E-state index contributed by atoms with van der Waals surface area (Å²) in [6, 6.07) is 7.18. The van der Waals surface area contributed by atoms with E-state index >= 15 is 0 Å². The maximum absolute atomic E-state index is 13.0. The highest BCUT2D eigenvalue weighted by molar-refractivity contribution is 7.89. The number of ether oxygens (including phenoxy) is 1. The van der Waals surface area contributed by atoms with Gasteiger partial charge in [0.15, 0.2) is 0 Å². The number of amides is 1. The van der Waals surface area contributed by atoms with Crippen molar-refractivity contribution in [1.29, 1.82) is 0 Å². The molecule has 8 heteroatoms. The van der Waals surface area contributed by atoms with Crippen molar-refractivity contribution in [2.45, 2.75) is 32.4 Å². The molecule has 1 atom stereocenters. The number of hydrogen-bond donors (Lipinski definition) is 0. The first-order valence-corrected chi connectivity index (χ1v) is 10.9. The first-order chi connectivity index (χ1) is 13.3. The molecule has 1 unspecified atom stereocenters. The average Bonchev–Trinajstić information content (AvgIpc) is 2.83. The van der Waals surface area contributed by atoms with Gasteiger partial charge >= 0.3 is 0 Å². The third-order valence-corrected chi connectivity index (χ3v) is 6.85. The number of hydrogen-bond acceptors (Lipinski definition) is 5. The van der Waals surface area contributed by atoms with Crippen LogP contribution >= 0.6 is 11.6 Å². The molecule has 28 heavy (non-hydrogen) atoms. The number of nitrogens with zero attached hydrogens (tertiary/aromatic N) is 3. The summed E-state index contributed by atoms with van der Waals surface area (Å²) in [5, 5.41) is 0.607. The second-order valence-corrected chi connectivity index (χ2v) is 9.64. The molecular weight excluding hydrogens is 398 g/mol. The van der Waals surface area contributed by atoms with Crippen molar-refractivity contribution in [1.82, 2.24) is 9.29 Å². The minimum absolute atomic E-state index is 0.0224. The van der Waals surface area contributed by atoms with E-state index in [0.29, 0.717) is 40.9 Å². The van der Waals surface area contributed by atoms with Crippen LogP contribution in [-0.2, 0) is 16.9 Å². The Bertz CT molecular complexity index is 917. The van der Waals surface area contributed by atoms with Crippen LogP contribution < -0.4 is 9.64 Å². The predicted octanol–water partition coefficient (Wildman–Crippen LogP) is 3.38. The lowest BCUT2D eigenvalue weighted by Crippen LogP contribution is -2.56. The summed E-state index contributed by atoms with van der Waals surface area (Å²) in [6.07, 6.45) is 3.28. The molecule has 3 heterocycles. The van der Waals surface area contributed by atoms with Crippen LogP contribution in [0.3, 0.4) is 0 Å². The second kappa shape index (κ2) is 7.22. The Balaban J connectivity index is 1.55. The fraction of sp³-hybridized carbons (Fsp3) is 0.400. The number of carbonyl (C=O) groups is 1. The molecule has 2 aliphatic heterocycles. The van der Waals surface area contributed by atoms with Crippen molar-refractivity contribution < 1.29 is 14.1 Å². The molecule has 1 aromatic carbocycles. The van der Waals surface area contributed by atoms with E-state index < -0.39 is 16.9 Å². The van der Waals surface area contributed by atoms with E-state index in [9.17, 15) is 9.35 Å². The summed E-state index contributed by atoms with van der Waals surface area (Å²) in [4.78, 5) is 19.1. The van der Waals surface area contributed by atoms with E-state index in [4.69, 9.17) is 16.3 Å². The maximum Gasteiger partial charge on any atom is 0.259 e. The van der Waals surface area contributed by atoms with Crippen LogP contribution in [0.2, 0.25) is 5.02 Å². The lowest BCUT2D eigenvalue weighted by molar-refractivity contribution is 0.0760. The van der Waals surface area contributed by atoms with Gasteiger partial charge in [0, 0.05) is 28.0 Å². The smallest absolute Gasteiger partial charge is 0.259 e. The van der Waals surface area contributed by atoms with Crippen molar-refractivity contribution in [2.75, 3.05) is 23.7 Å². The first-order valence-electron chi connectivity index (χ1n) is 9.21. The maximum atomic E-state index is 13.0. The minimum atomic E-state index is -0.936. The number of pyridine rings is 1. The third kappa shape index (κ3) is 3.26. The van der Waals surface area contributed by atoms with Crippen LogP contribution in [0.25, 0.3) is 0 Å². The number of aromatic nitrogens is 1. The third-order valence-electron chi connectivity index (χ3n) is 5.24. The molecule has 0 radical (unpaired) electrons. The Labute approximate surface area is 172 Å². The average molecular weight is 420 g/mol. The van der Waals surface area contributed by atoms with Gasteiger partial charge in [-0.1, -0.05) is 11.6 Å². The van der Waals surface area contributed by atoms with Crippen molar-refractivity contribution in [3.05, 3.63) is 52.8 Å². The summed E-state index contributed by atoms with van der Waals surface area (Å²) >= 11 is 5.22. The first kappa shape index (κ1) is 19.5. The van der Waals surface area contributed by atoms with Gasteiger partial charge in [-0.2, -0.15) is 0 Å². The van der Waals surface area contributed by atoms with Gasteiger partial charge in [0.2, 0.25) is 0 Å². The van der Waals surface area contributed by atoms with Crippen molar-refractivity contribution in [3.63, 3.8) is 0 Å². The quantitative estimate of drug-likeness (QED) is 0.695. The van der Waals surface area contributed by atoms with Gasteiger partial charge in [0.05, 0.1) is 36.7 Å². The molecule has 1 amide bonds. The standard InChI is InChI=1S/C20H22ClN3O3S/c1-4-28(26)23-11-16(12-23)27-15-8-14(9-22-10-15)24-19(25)17-6-5-13(21)7-18(17)20(24,2)3/h5-10,16H,4,11-12H2,1-3H3. The highest BCUT2D eigenvalue weighted by atomic mass is 35.5. The van der Waals surface area contributed by atoms with Gasteiger partial charge in [-0.15, -0.1) is 4.31 Å². The zero-order valence-corrected chi connectivity index (χ0v) is 17.6. The van der Waals surface area contributed by atoms with Crippen LogP contribution in [0, 0.1) is 0 Å². The fourth-order valence-corrected chi connectivity index (χ4v) is 4.96. The van der Waals surface area contributed by atoms with Gasteiger partial charge in [-0.05, 0) is 44.5 Å². The van der Waals surface area contributed by atoms with Gasteiger partial charge in [0.1, 0.15) is 17.6 Å². The summed E-state index contributed by atoms with van der Waals surface area (Å²) in [5.41, 5.74) is 1.67. The Morgan fingerprint density at radius 1 is 1.32 bits per heavy atom. The van der Waals surface area contributed by atoms with Crippen molar-refractivity contribution in [2.24, 2.45) is 0 Å². The Kier molecular flexibility index (Phi) is 5.03. The molecule has 2 aromatic rings. The van der Waals surface area contributed by atoms with E-state index in [1.165, 1.54) is 0 Å². The number of rotatable bonds is 5. The number of benzene rings is 1. The Hall–Kier alpha value is -1.80. The summed E-state index contributed by atoms with van der Waals surface area (Å²) in [6.45, 7) is 7.14. The fourth-order valence-electron chi connectivity index (χ4n) is 3.75. The van der Waals surface area contributed by atoms with Gasteiger partial charge in [-0.25, -0.2) is 0 Å². The zero-order chi connectivity index (χ0) is 20.1. The van der Waals surface area contributed by atoms with E-state index in [0.717, 1.165) is 5.56 Å². The molecule has 0 spiro atoms. The van der Waals surface area contributed by atoms with Crippen molar-refractivity contribution in [3.8, 4) is 5.75 Å². The second-order valence-electron chi connectivity index (χ2n) is 7.47. The molecule has 4 rings (SSSR count). The Morgan fingerprint density at radius 3 is 2.79 bits per heavy atom. The molecule has 0 saturated carbocycles. The van der Waals surface area contributed by atoms with Crippen LogP contribution in [0.15, 0.2) is 36.7 Å². The number of halogens is 1. The Morgan fingerprint density at radius 2 is 2.07 bits per heavy atom. The molecule has 6 nitrogen and oxygen atoms in total. The van der Waals surface area contributed by atoms with Crippen LogP contribution in [0.1, 0.15) is 36.7 Å². The van der Waals surface area contributed by atoms with Gasteiger partial charge < -0.3 is 9.29 Å². The number of carbonyl (C=O) groups excluding carboxylic acids is 1. The molecule has 148 valence electrons. The van der Waals surface area contributed by atoms with Crippen LogP contribution in [-0.4, -0.2) is 44.7 Å². The highest BCUT2D eigenvalue weighted by Gasteiger charge is 2.44. The normalized spacial score (nSPS) is 20.0. The van der Waals surface area contributed by atoms with Crippen LogP contribution in [0.4, 0.5) is 5.69 Å². The lowest BCUT2D eigenvalue weighted by atomic mass is 9.93. The molecular formula is C20H22ClN3O3S. The van der Waals surface area contributed by atoms with E-state index in [1.807, 2.05) is 37.2 Å². The summed E-state index contributed by atoms with van der Waals surface area (Å²) in [7, 11) is 0. The van der Waals surface area contributed by atoms with Crippen LogP contribution in [0.5, 0.6) is 5.75 Å². The number of fused-ring (bicyclic) bond motifs is 1. The summed E-state index contributed by atoms with van der Waals surface area (Å²) < 4.78 is 19.6.